The Balaban J connectivity index is 1.69. The molecule has 0 aromatic heterocycles. The number of halogens is 1. The lowest BCUT2D eigenvalue weighted by Crippen LogP contribution is -2.38. The Morgan fingerprint density at radius 2 is 1.81 bits per heavy atom. The van der Waals surface area contributed by atoms with Gasteiger partial charge in [-0.15, -0.1) is 0 Å². The lowest BCUT2D eigenvalue weighted by molar-refractivity contribution is -0.384. The largest absolute Gasteiger partial charge is 0.332 e. The predicted molar refractivity (Wildman–Crippen MR) is 99.8 cm³/mol. The second-order valence-electron chi connectivity index (χ2n) is 6.69. The molecule has 0 N–H and O–H groups in total. The van der Waals surface area contributed by atoms with Crippen LogP contribution in [0.2, 0.25) is 5.02 Å². The number of imide groups is 1. The van der Waals surface area contributed by atoms with Gasteiger partial charge >= 0.3 is 6.03 Å². The molecule has 0 bridgehead atoms. The lowest BCUT2D eigenvalue weighted by atomic mass is 10.0. The number of non-ortho nitro benzene ring substituents is 1. The van der Waals surface area contributed by atoms with E-state index >= 15 is 0 Å². The summed E-state index contributed by atoms with van der Waals surface area (Å²) >= 11 is 6.17. The third kappa shape index (κ3) is 3.14. The molecule has 1 aliphatic carbocycles. The Labute approximate surface area is 160 Å². The van der Waals surface area contributed by atoms with Crippen LogP contribution >= 0.6 is 11.6 Å². The molecule has 1 saturated carbocycles. The van der Waals surface area contributed by atoms with Crippen LogP contribution in [0.15, 0.2) is 48.5 Å². The number of carbonyl (C=O) groups is 2. The van der Waals surface area contributed by atoms with Crippen molar-refractivity contribution in [3.8, 4) is 0 Å². The SMILES string of the molecule is O=C1[C@@H](Cc2ccccc2)N(C2CC2)C(=O)N1c1ccc([N+](=O)[O-])cc1Cl. The molecule has 2 aromatic carbocycles. The van der Waals surface area contributed by atoms with Crippen molar-refractivity contribution >= 4 is 34.9 Å². The van der Waals surface area contributed by atoms with Crippen molar-refractivity contribution in [1.29, 1.82) is 0 Å². The number of urea groups is 1. The maximum absolute atomic E-state index is 13.1. The van der Waals surface area contributed by atoms with E-state index in [4.69, 9.17) is 11.6 Å². The summed E-state index contributed by atoms with van der Waals surface area (Å²) in [6, 6.07) is 12.3. The third-order valence-electron chi connectivity index (χ3n) is 4.85. The smallest absolute Gasteiger partial charge is 0.309 e. The van der Waals surface area contributed by atoms with Crippen LogP contribution < -0.4 is 4.90 Å². The molecule has 1 saturated heterocycles. The molecule has 0 unspecified atom stereocenters. The molecule has 2 aliphatic rings. The molecule has 1 atom stereocenters. The van der Waals surface area contributed by atoms with Crippen LogP contribution in [-0.4, -0.2) is 33.8 Å². The van der Waals surface area contributed by atoms with Gasteiger partial charge in [0.15, 0.2) is 0 Å². The summed E-state index contributed by atoms with van der Waals surface area (Å²) in [4.78, 5) is 39.1. The Kier molecular flexibility index (Phi) is 4.31. The number of carbonyl (C=O) groups excluding carboxylic acids is 2. The third-order valence-corrected chi connectivity index (χ3v) is 5.15. The van der Waals surface area contributed by atoms with E-state index in [1.165, 1.54) is 12.1 Å². The molecule has 1 heterocycles. The van der Waals surface area contributed by atoms with Gasteiger partial charge in [-0.2, -0.15) is 0 Å². The van der Waals surface area contributed by atoms with Gasteiger partial charge in [-0.1, -0.05) is 41.9 Å². The van der Waals surface area contributed by atoms with Crippen molar-refractivity contribution in [2.24, 2.45) is 0 Å². The van der Waals surface area contributed by atoms with Gasteiger partial charge in [0.05, 0.1) is 15.6 Å². The summed E-state index contributed by atoms with van der Waals surface area (Å²) in [7, 11) is 0. The Hall–Kier alpha value is -2.93. The summed E-state index contributed by atoms with van der Waals surface area (Å²) in [5.41, 5.74) is 0.951. The zero-order chi connectivity index (χ0) is 19.1. The van der Waals surface area contributed by atoms with E-state index < -0.39 is 17.0 Å². The fourth-order valence-corrected chi connectivity index (χ4v) is 3.67. The molecule has 0 spiro atoms. The molecule has 2 fully saturated rings. The molecule has 2 aromatic rings. The number of amides is 3. The van der Waals surface area contributed by atoms with Crippen molar-refractivity contribution in [1.82, 2.24) is 4.90 Å². The Morgan fingerprint density at radius 1 is 1.11 bits per heavy atom. The fourth-order valence-electron chi connectivity index (χ4n) is 3.41. The molecule has 1 aliphatic heterocycles. The van der Waals surface area contributed by atoms with Crippen LogP contribution in [0, 0.1) is 10.1 Å². The topological polar surface area (TPSA) is 83.8 Å². The second kappa shape index (κ2) is 6.66. The van der Waals surface area contributed by atoms with Crippen molar-refractivity contribution in [2.75, 3.05) is 4.90 Å². The predicted octanol–water partition coefficient (Wildman–Crippen LogP) is 3.79. The number of anilines is 1. The first kappa shape index (κ1) is 17.5. The second-order valence-corrected chi connectivity index (χ2v) is 7.10. The van der Waals surface area contributed by atoms with E-state index in [9.17, 15) is 19.7 Å². The summed E-state index contributed by atoms with van der Waals surface area (Å²) in [5, 5.41) is 10.9. The van der Waals surface area contributed by atoms with Crippen LogP contribution in [0.4, 0.5) is 16.2 Å². The van der Waals surface area contributed by atoms with Crippen molar-refractivity contribution in [3.63, 3.8) is 0 Å². The van der Waals surface area contributed by atoms with Crippen LogP contribution in [0.3, 0.4) is 0 Å². The van der Waals surface area contributed by atoms with Gasteiger partial charge in [-0.05, 0) is 24.5 Å². The molecular weight excluding hydrogens is 370 g/mol. The standard InChI is InChI=1S/C19H16ClN3O4/c20-15-11-14(23(26)27)8-9-16(15)22-18(24)17(10-12-4-2-1-3-5-12)21(19(22)25)13-6-7-13/h1-5,8-9,11,13,17H,6-7,10H2/t17-/m1/s1. The minimum atomic E-state index is -0.598. The van der Waals surface area contributed by atoms with Crippen LogP contribution in [0.5, 0.6) is 0 Å². The quantitative estimate of drug-likeness (QED) is 0.445. The van der Waals surface area contributed by atoms with Crippen molar-refractivity contribution < 1.29 is 14.5 Å². The zero-order valence-electron chi connectivity index (χ0n) is 14.2. The molecule has 0 radical (unpaired) electrons. The number of rotatable bonds is 5. The minimum Gasteiger partial charge on any atom is -0.309 e. The number of hydrogen-bond donors (Lipinski definition) is 0. The van der Waals surface area contributed by atoms with E-state index in [1.807, 2.05) is 30.3 Å². The Morgan fingerprint density at radius 3 is 2.41 bits per heavy atom. The molecule has 3 amide bonds. The lowest BCUT2D eigenvalue weighted by Gasteiger charge is -2.21. The number of nitro groups is 1. The Bertz CT molecular complexity index is 930. The summed E-state index contributed by atoms with van der Waals surface area (Å²) in [6.45, 7) is 0. The average Bonchev–Trinajstić information content (AvgIpc) is 3.44. The van der Waals surface area contributed by atoms with Gasteiger partial charge < -0.3 is 4.90 Å². The van der Waals surface area contributed by atoms with E-state index in [0.717, 1.165) is 29.4 Å². The maximum Gasteiger partial charge on any atom is 0.332 e. The molecule has 8 heteroatoms. The maximum atomic E-state index is 13.1. The highest BCUT2D eigenvalue weighted by molar-refractivity contribution is 6.36. The molecule has 7 nitrogen and oxygen atoms in total. The van der Waals surface area contributed by atoms with Gasteiger partial charge in [0.25, 0.3) is 11.6 Å². The first-order valence-electron chi connectivity index (χ1n) is 8.61. The highest BCUT2D eigenvalue weighted by Crippen LogP contribution is 2.39. The van der Waals surface area contributed by atoms with Gasteiger partial charge in [0.2, 0.25) is 0 Å². The first-order chi connectivity index (χ1) is 13.0. The number of hydrogen-bond acceptors (Lipinski definition) is 4. The van der Waals surface area contributed by atoms with Crippen molar-refractivity contribution in [3.05, 3.63) is 69.2 Å². The van der Waals surface area contributed by atoms with Gasteiger partial charge in [0, 0.05) is 24.6 Å². The number of nitrogens with zero attached hydrogens (tertiary/aromatic N) is 3. The number of benzene rings is 2. The van der Waals surface area contributed by atoms with E-state index in [2.05, 4.69) is 0 Å². The molecule has 27 heavy (non-hydrogen) atoms. The van der Waals surface area contributed by atoms with E-state index in [-0.39, 0.29) is 28.3 Å². The van der Waals surface area contributed by atoms with E-state index in [0.29, 0.717) is 6.42 Å². The van der Waals surface area contributed by atoms with Crippen LogP contribution in [0.1, 0.15) is 18.4 Å². The number of nitro benzene ring substituents is 1. The summed E-state index contributed by atoms with van der Waals surface area (Å²) < 4.78 is 0. The summed E-state index contributed by atoms with van der Waals surface area (Å²) in [6.07, 6.45) is 2.15. The monoisotopic (exact) mass is 385 g/mol. The molecule has 4 rings (SSSR count). The average molecular weight is 386 g/mol. The summed E-state index contributed by atoms with van der Waals surface area (Å²) in [5.74, 6) is -0.355. The van der Waals surface area contributed by atoms with Crippen LogP contribution in [-0.2, 0) is 11.2 Å². The van der Waals surface area contributed by atoms with Gasteiger partial charge in [0.1, 0.15) is 6.04 Å². The molecule has 138 valence electrons. The van der Waals surface area contributed by atoms with E-state index in [1.54, 1.807) is 4.90 Å². The highest BCUT2D eigenvalue weighted by atomic mass is 35.5. The zero-order valence-corrected chi connectivity index (χ0v) is 15.0. The first-order valence-corrected chi connectivity index (χ1v) is 8.99. The normalized spacial score (nSPS) is 19.7. The van der Waals surface area contributed by atoms with Crippen LogP contribution in [0.25, 0.3) is 0 Å². The van der Waals surface area contributed by atoms with Gasteiger partial charge in [-0.3, -0.25) is 14.9 Å². The molecular formula is C19H16ClN3O4. The van der Waals surface area contributed by atoms with Gasteiger partial charge in [-0.25, -0.2) is 9.69 Å². The minimum absolute atomic E-state index is 0.00186. The fraction of sp³-hybridized carbons (Fsp3) is 0.263. The van der Waals surface area contributed by atoms with Crippen molar-refractivity contribution in [2.45, 2.75) is 31.3 Å². The highest BCUT2D eigenvalue weighted by Gasteiger charge is 2.51.